The standard InChI is InChI=1S/C20H36P6/c1-13(2,3)17-21-18(14(4,5)6)22(17)20(16(10,11)12)24(18)26-19(21,15(7,8)9)23(17)25(20)26/h1-12H3. The second-order valence-corrected chi connectivity index (χ2v) is 38.5. The van der Waals surface area contributed by atoms with Gasteiger partial charge in [-0.15, -0.1) is 0 Å². The Balaban J connectivity index is 1.67. The van der Waals surface area contributed by atoms with Gasteiger partial charge in [-0.05, 0) is 51.5 Å². The number of fused-ring (bicyclic) bond motifs is 15. The molecule has 146 valence electrons. The molecule has 5 aliphatic rings. The predicted octanol–water partition coefficient (Wildman–Crippen LogP) is 10.5. The van der Waals surface area contributed by atoms with Gasteiger partial charge in [-0.2, -0.15) is 0 Å². The maximum atomic E-state index is 2.69. The summed E-state index contributed by atoms with van der Waals surface area (Å²) >= 11 is 0. The van der Waals surface area contributed by atoms with Crippen molar-refractivity contribution < 1.29 is 0 Å². The molecule has 6 heteroatoms. The van der Waals surface area contributed by atoms with Crippen molar-refractivity contribution in [3.63, 3.8) is 0 Å². The van der Waals surface area contributed by atoms with Crippen molar-refractivity contribution in [1.82, 2.24) is 0 Å². The van der Waals surface area contributed by atoms with Gasteiger partial charge in [-0.1, -0.05) is 98.9 Å². The van der Waals surface area contributed by atoms with Crippen LogP contribution in [0.5, 0.6) is 0 Å². The molecule has 0 bridgehead atoms. The first kappa shape index (κ1) is 19.3. The number of hydrogen-bond acceptors (Lipinski definition) is 0. The van der Waals surface area contributed by atoms with Gasteiger partial charge < -0.3 is 0 Å². The minimum Gasteiger partial charge on any atom is -0.0586 e. The van der Waals surface area contributed by atoms with Gasteiger partial charge >= 0.3 is 0 Å². The second-order valence-electron chi connectivity index (χ2n) is 13.4. The molecular weight excluding hydrogens is 426 g/mol. The summed E-state index contributed by atoms with van der Waals surface area (Å²) in [5.41, 5.74) is 2.38. The zero-order valence-electron chi connectivity index (χ0n) is 18.7. The Labute approximate surface area is 168 Å². The first-order valence-electron chi connectivity index (χ1n) is 10.3. The van der Waals surface area contributed by atoms with Crippen LogP contribution >= 0.6 is 45.7 Å². The summed E-state index contributed by atoms with van der Waals surface area (Å²) in [6.45, 7) is 32.2. The molecule has 5 aliphatic heterocycles. The molecule has 0 spiro atoms. The molecule has 0 saturated carbocycles. The first-order chi connectivity index (χ1) is 11.5. The average molecular weight is 462 g/mol. The van der Waals surface area contributed by atoms with Gasteiger partial charge in [-0.3, -0.25) is 0 Å². The molecule has 0 aliphatic carbocycles. The fourth-order valence-corrected chi connectivity index (χ4v) is 106. The molecule has 6 atom stereocenters. The molecule has 0 aromatic carbocycles. The highest BCUT2D eigenvalue weighted by Gasteiger charge is 3.20. The van der Waals surface area contributed by atoms with Gasteiger partial charge in [0.2, 0.25) is 0 Å². The lowest BCUT2D eigenvalue weighted by Gasteiger charge is -2.90. The van der Waals surface area contributed by atoms with Crippen molar-refractivity contribution in [2.24, 2.45) is 21.7 Å². The zero-order valence-corrected chi connectivity index (χ0v) is 24.0. The average Bonchev–Trinajstić information content (AvgIpc) is 2.76. The summed E-state index contributed by atoms with van der Waals surface area (Å²) in [7, 11) is 2.18. The number of rotatable bonds is 0. The van der Waals surface area contributed by atoms with E-state index in [1.54, 1.807) is 0 Å². The van der Waals surface area contributed by atoms with Crippen molar-refractivity contribution in [2.75, 3.05) is 0 Å². The van der Waals surface area contributed by atoms with Crippen LogP contribution in [0.15, 0.2) is 0 Å². The van der Waals surface area contributed by atoms with Crippen LogP contribution in [0.2, 0.25) is 0 Å². The summed E-state index contributed by atoms with van der Waals surface area (Å²) in [6.07, 6.45) is 0. The molecule has 5 fully saturated rings. The summed E-state index contributed by atoms with van der Waals surface area (Å²) in [4.78, 5) is 0. The minimum atomic E-state index is 0.267. The van der Waals surface area contributed by atoms with E-state index in [9.17, 15) is 0 Å². The van der Waals surface area contributed by atoms with Crippen LogP contribution < -0.4 is 0 Å². The Kier molecular flexibility index (Phi) is 3.07. The van der Waals surface area contributed by atoms with E-state index in [1.807, 2.05) is 0 Å². The fraction of sp³-hybridized carbons (Fsp3) is 1.00. The van der Waals surface area contributed by atoms with E-state index in [0.29, 0.717) is 51.5 Å². The van der Waals surface area contributed by atoms with Crippen molar-refractivity contribution in [2.45, 2.75) is 102 Å². The minimum absolute atomic E-state index is 0.267. The largest absolute Gasteiger partial charge is 0.0586 e. The van der Waals surface area contributed by atoms with Gasteiger partial charge in [0, 0.05) is 9.28 Å². The third-order valence-corrected chi connectivity index (χ3v) is 64.8. The van der Waals surface area contributed by atoms with E-state index in [0.717, 1.165) is 18.6 Å². The van der Waals surface area contributed by atoms with Crippen LogP contribution in [0.1, 0.15) is 83.1 Å². The van der Waals surface area contributed by atoms with Crippen molar-refractivity contribution in [3.8, 4) is 0 Å². The first-order valence-corrected chi connectivity index (χ1v) is 20.4. The number of hydrogen-bond donors (Lipinski definition) is 0. The van der Waals surface area contributed by atoms with Gasteiger partial charge in [0.05, 0.1) is 9.28 Å². The maximum Gasteiger partial charge on any atom is 0.0511 e. The molecule has 26 heavy (non-hydrogen) atoms. The van der Waals surface area contributed by atoms with E-state index in [-0.39, 0.29) is 15.8 Å². The Hall–Kier alpha value is 2.58. The van der Waals surface area contributed by atoms with Crippen LogP contribution in [0.4, 0.5) is 0 Å². The van der Waals surface area contributed by atoms with Crippen molar-refractivity contribution in [3.05, 3.63) is 0 Å². The van der Waals surface area contributed by atoms with Gasteiger partial charge in [0.25, 0.3) is 0 Å². The monoisotopic (exact) mass is 462 g/mol. The lowest BCUT2D eigenvalue weighted by Crippen LogP contribution is -2.72. The normalized spacial score (nSPS) is 63.2. The highest BCUT2D eigenvalue weighted by Crippen LogP contribution is 3.62. The molecule has 0 aromatic rings. The van der Waals surface area contributed by atoms with E-state index < -0.39 is 0 Å². The van der Waals surface area contributed by atoms with Crippen molar-refractivity contribution in [1.29, 1.82) is 0 Å². The van der Waals surface area contributed by atoms with Crippen LogP contribution in [0.25, 0.3) is 0 Å². The van der Waals surface area contributed by atoms with E-state index in [1.165, 1.54) is 0 Å². The molecule has 0 aromatic heterocycles. The van der Waals surface area contributed by atoms with Gasteiger partial charge in [0.15, 0.2) is 0 Å². The molecular formula is C20H36P6. The zero-order chi connectivity index (χ0) is 19.5. The van der Waals surface area contributed by atoms with Crippen molar-refractivity contribution >= 4 is 45.7 Å². The Morgan fingerprint density at radius 1 is 0.385 bits per heavy atom. The lowest BCUT2D eigenvalue weighted by molar-refractivity contribution is 0.323. The van der Waals surface area contributed by atoms with E-state index in [4.69, 9.17) is 0 Å². The second kappa shape index (κ2) is 4.14. The van der Waals surface area contributed by atoms with Gasteiger partial charge in [-0.25, -0.2) is 0 Å². The lowest BCUT2D eigenvalue weighted by atomic mass is 9.97. The molecule has 5 rings (SSSR count). The van der Waals surface area contributed by atoms with Crippen LogP contribution in [-0.2, 0) is 0 Å². The highest BCUT2D eigenvalue weighted by molar-refractivity contribution is 9.04. The Morgan fingerprint density at radius 3 is 0.808 bits per heavy atom. The molecule has 5 heterocycles. The Bertz CT molecular complexity index is 702. The molecule has 0 radical (unpaired) electrons. The third kappa shape index (κ3) is 1.16. The maximum absolute atomic E-state index is 2.69. The quantitative estimate of drug-likeness (QED) is 0.314. The summed E-state index contributed by atoms with van der Waals surface area (Å²) in [5, 5.41) is 0. The fourth-order valence-electron chi connectivity index (χ4n) is 7.77. The van der Waals surface area contributed by atoms with Crippen LogP contribution in [0, 0.1) is 21.7 Å². The predicted molar refractivity (Wildman–Crippen MR) is 130 cm³/mol. The topological polar surface area (TPSA) is 0 Å². The molecule has 0 amide bonds. The summed E-state index contributed by atoms with van der Waals surface area (Å²) in [5.74, 6) is 0. The SMILES string of the molecule is CC(C)(C)C12P3P4P1C1(C(C)(C)C)P2C2(C(C)(C)C)P3C4(C(C)(C)C)P12. The molecule has 0 nitrogen and oxygen atoms in total. The summed E-state index contributed by atoms with van der Waals surface area (Å²) < 4.78 is 3.69. The third-order valence-electron chi connectivity index (χ3n) is 8.19. The van der Waals surface area contributed by atoms with Crippen LogP contribution in [-0.4, -0.2) is 18.6 Å². The van der Waals surface area contributed by atoms with E-state index in [2.05, 4.69) is 83.1 Å². The smallest absolute Gasteiger partial charge is 0.0511 e. The van der Waals surface area contributed by atoms with Crippen LogP contribution in [0.3, 0.4) is 0 Å². The van der Waals surface area contributed by atoms with Gasteiger partial charge in [0.1, 0.15) is 0 Å². The molecule has 5 saturated heterocycles. The van der Waals surface area contributed by atoms with E-state index >= 15 is 0 Å². The summed E-state index contributed by atoms with van der Waals surface area (Å²) in [6, 6.07) is 0. The molecule has 6 unspecified atom stereocenters. The Morgan fingerprint density at radius 2 is 0.615 bits per heavy atom. The molecule has 0 N–H and O–H groups in total. The highest BCUT2D eigenvalue weighted by atomic mass is 32.7.